The molecule has 0 saturated carbocycles. The summed E-state index contributed by atoms with van der Waals surface area (Å²) < 4.78 is 0. The van der Waals surface area contributed by atoms with E-state index in [1.165, 1.54) is 17.6 Å². The third-order valence-electron chi connectivity index (χ3n) is 2.31. The maximum Gasteiger partial charge on any atom is 0.0991 e. The second-order valence-electron chi connectivity index (χ2n) is 3.98. The van der Waals surface area contributed by atoms with Gasteiger partial charge in [-0.2, -0.15) is 5.26 Å². The molecule has 15 heavy (non-hydrogen) atoms. The summed E-state index contributed by atoms with van der Waals surface area (Å²) in [5.74, 6) is 0. The predicted molar refractivity (Wildman–Crippen MR) is 63.5 cm³/mol. The van der Waals surface area contributed by atoms with E-state index in [2.05, 4.69) is 26.0 Å². The van der Waals surface area contributed by atoms with E-state index in [-0.39, 0.29) is 0 Å². The average molecular weight is 199 g/mol. The lowest BCUT2D eigenvalue weighted by atomic mass is 10.1. The first kappa shape index (κ1) is 11.5. The van der Waals surface area contributed by atoms with E-state index in [4.69, 9.17) is 5.26 Å². The fourth-order valence-electron chi connectivity index (χ4n) is 1.44. The van der Waals surface area contributed by atoms with Gasteiger partial charge in [-0.15, -0.1) is 0 Å². The van der Waals surface area contributed by atoms with Crippen LogP contribution in [0.15, 0.2) is 35.9 Å². The lowest BCUT2D eigenvalue weighted by Gasteiger charge is -1.99. The van der Waals surface area contributed by atoms with Gasteiger partial charge in [0.25, 0.3) is 0 Å². The van der Waals surface area contributed by atoms with Crippen LogP contribution in [-0.2, 0) is 6.42 Å². The monoisotopic (exact) mass is 199 g/mol. The zero-order chi connectivity index (χ0) is 11.1. The maximum atomic E-state index is 8.65. The number of unbranched alkanes of at least 4 members (excludes halogenated alkanes) is 1. The number of nitriles is 1. The lowest BCUT2D eigenvalue weighted by Crippen LogP contribution is -1.85. The third kappa shape index (κ3) is 4.46. The molecule has 0 amide bonds. The van der Waals surface area contributed by atoms with Crippen molar-refractivity contribution in [2.24, 2.45) is 0 Å². The lowest BCUT2D eigenvalue weighted by molar-refractivity contribution is 0.838. The Morgan fingerprint density at radius 2 is 1.93 bits per heavy atom. The van der Waals surface area contributed by atoms with Gasteiger partial charge in [-0.3, -0.25) is 0 Å². The number of benzene rings is 1. The molecule has 0 unspecified atom stereocenters. The summed E-state index contributed by atoms with van der Waals surface area (Å²) in [7, 11) is 0. The Kier molecular flexibility index (Phi) is 4.63. The van der Waals surface area contributed by atoms with Crippen LogP contribution in [0.5, 0.6) is 0 Å². The van der Waals surface area contributed by atoms with Gasteiger partial charge in [0, 0.05) is 0 Å². The van der Waals surface area contributed by atoms with Gasteiger partial charge < -0.3 is 0 Å². The van der Waals surface area contributed by atoms with Crippen LogP contribution < -0.4 is 0 Å². The number of aryl methyl sites for hydroxylation is 1. The molecule has 1 heteroatoms. The first-order valence-electron chi connectivity index (χ1n) is 5.35. The summed E-state index contributed by atoms with van der Waals surface area (Å²) in [6, 6.07) is 9.98. The molecule has 0 heterocycles. The van der Waals surface area contributed by atoms with Gasteiger partial charge in [0.05, 0.1) is 11.6 Å². The Hall–Kier alpha value is -1.55. The van der Waals surface area contributed by atoms with E-state index in [1.54, 1.807) is 0 Å². The molecule has 78 valence electrons. The number of hydrogen-bond acceptors (Lipinski definition) is 1. The van der Waals surface area contributed by atoms with E-state index in [0.29, 0.717) is 0 Å². The highest BCUT2D eigenvalue weighted by atomic mass is 14.2. The minimum Gasteiger partial charge on any atom is -0.192 e. The van der Waals surface area contributed by atoms with Crippen molar-refractivity contribution >= 4 is 0 Å². The van der Waals surface area contributed by atoms with E-state index in [1.807, 2.05) is 24.3 Å². The van der Waals surface area contributed by atoms with E-state index in [9.17, 15) is 0 Å². The molecule has 0 atom stereocenters. The number of hydrogen-bond donors (Lipinski definition) is 0. The van der Waals surface area contributed by atoms with Crippen molar-refractivity contribution in [1.82, 2.24) is 0 Å². The van der Waals surface area contributed by atoms with E-state index >= 15 is 0 Å². The molecule has 0 N–H and O–H groups in total. The van der Waals surface area contributed by atoms with Crippen LogP contribution in [0.4, 0.5) is 0 Å². The first-order valence-corrected chi connectivity index (χ1v) is 5.35. The molecule has 0 bridgehead atoms. The van der Waals surface area contributed by atoms with Crippen LogP contribution in [0.2, 0.25) is 0 Å². The SMILES string of the molecule is CC(C)=CCCCc1ccc(C#N)cc1. The zero-order valence-corrected chi connectivity index (χ0v) is 9.46. The van der Waals surface area contributed by atoms with Crippen LogP contribution in [-0.4, -0.2) is 0 Å². The fourth-order valence-corrected chi connectivity index (χ4v) is 1.44. The molecular weight excluding hydrogens is 182 g/mol. The molecule has 0 aliphatic carbocycles. The summed E-state index contributed by atoms with van der Waals surface area (Å²) in [6.45, 7) is 4.25. The van der Waals surface area contributed by atoms with Crippen molar-refractivity contribution < 1.29 is 0 Å². The van der Waals surface area contributed by atoms with Crippen molar-refractivity contribution in [3.63, 3.8) is 0 Å². The number of nitrogens with zero attached hydrogens (tertiary/aromatic N) is 1. The van der Waals surface area contributed by atoms with Gasteiger partial charge in [0.1, 0.15) is 0 Å². The average Bonchev–Trinajstić information content (AvgIpc) is 2.25. The molecular formula is C14H17N. The van der Waals surface area contributed by atoms with Crippen molar-refractivity contribution in [2.45, 2.75) is 33.1 Å². The quantitative estimate of drug-likeness (QED) is 0.533. The third-order valence-corrected chi connectivity index (χ3v) is 2.31. The van der Waals surface area contributed by atoms with E-state index in [0.717, 1.165) is 18.4 Å². The van der Waals surface area contributed by atoms with Gasteiger partial charge in [0.15, 0.2) is 0 Å². The van der Waals surface area contributed by atoms with E-state index < -0.39 is 0 Å². The molecule has 1 aromatic rings. The van der Waals surface area contributed by atoms with Crippen molar-refractivity contribution in [1.29, 1.82) is 5.26 Å². The summed E-state index contributed by atoms with van der Waals surface area (Å²) in [6.07, 6.45) is 5.68. The molecule has 0 fully saturated rings. The molecule has 0 aliphatic heterocycles. The topological polar surface area (TPSA) is 23.8 Å². The summed E-state index contributed by atoms with van der Waals surface area (Å²) >= 11 is 0. The minimum atomic E-state index is 0.739. The Bertz CT molecular complexity index is 361. The second kappa shape index (κ2) is 6.03. The molecule has 1 aromatic carbocycles. The first-order chi connectivity index (χ1) is 7.22. The van der Waals surface area contributed by atoms with Gasteiger partial charge in [-0.25, -0.2) is 0 Å². The van der Waals surface area contributed by atoms with Gasteiger partial charge in [0.2, 0.25) is 0 Å². The van der Waals surface area contributed by atoms with Crippen LogP contribution in [0.25, 0.3) is 0 Å². The highest BCUT2D eigenvalue weighted by Crippen LogP contribution is 2.08. The number of allylic oxidation sites excluding steroid dienone is 2. The molecule has 0 saturated heterocycles. The zero-order valence-electron chi connectivity index (χ0n) is 9.46. The minimum absolute atomic E-state index is 0.739. The van der Waals surface area contributed by atoms with Crippen molar-refractivity contribution in [3.8, 4) is 6.07 Å². The smallest absolute Gasteiger partial charge is 0.0991 e. The van der Waals surface area contributed by atoms with Gasteiger partial charge >= 0.3 is 0 Å². The Morgan fingerprint density at radius 3 is 2.47 bits per heavy atom. The largest absolute Gasteiger partial charge is 0.192 e. The molecule has 1 rings (SSSR count). The van der Waals surface area contributed by atoms with Crippen molar-refractivity contribution in [2.75, 3.05) is 0 Å². The maximum absolute atomic E-state index is 8.65. The summed E-state index contributed by atoms with van der Waals surface area (Å²) in [5, 5.41) is 8.65. The Labute approximate surface area is 92.1 Å². The highest BCUT2D eigenvalue weighted by Gasteiger charge is 1.93. The highest BCUT2D eigenvalue weighted by molar-refractivity contribution is 5.31. The standard InChI is InChI=1S/C14H17N/c1-12(2)5-3-4-6-13-7-9-14(11-15)10-8-13/h5,7-10H,3-4,6H2,1-2H3. The Morgan fingerprint density at radius 1 is 1.27 bits per heavy atom. The Balaban J connectivity index is 2.39. The normalized spacial score (nSPS) is 9.40. The van der Waals surface area contributed by atoms with Gasteiger partial charge in [-0.05, 0) is 50.8 Å². The summed E-state index contributed by atoms with van der Waals surface area (Å²) in [4.78, 5) is 0. The molecule has 1 nitrogen and oxygen atoms in total. The molecule has 0 aromatic heterocycles. The molecule has 0 radical (unpaired) electrons. The second-order valence-corrected chi connectivity index (χ2v) is 3.98. The van der Waals surface area contributed by atoms with Crippen LogP contribution >= 0.6 is 0 Å². The van der Waals surface area contributed by atoms with Crippen LogP contribution in [0.1, 0.15) is 37.8 Å². The fraction of sp³-hybridized carbons (Fsp3) is 0.357. The van der Waals surface area contributed by atoms with Crippen molar-refractivity contribution in [3.05, 3.63) is 47.0 Å². The molecule has 0 aliphatic rings. The van der Waals surface area contributed by atoms with Gasteiger partial charge in [-0.1, -0.05) is 23.8 Å². The predicted octanol–water partition coefficient (Wildman–Crippen LogP) is 3.85. The number of rotatable bonds is 4. The molecule has 0 spiro atoms. The summed E-state index contributed by atoms with van der Waals surface area (Å²) in [5.41, 5.74) is 3.44. The van der Waals surface area contributed by atoms with Crippen LogP contribution in [0.3, 0.4) is 0 Å². The van der Waals surface area contributed by atoms with Crippen LogP contribution in [0, 0.1) is 11.3 Å².